The third-order valence-corrected chi connectivity index (χ3v) is 4.73. The van der Waals surface area contributed by atoms with Crippen molar-refractivity contribution in [3.63, 3.8) is 0 Å². The van der Waals surface area contributed by atoms with Crippen molar-refractivity contribution in [3.05, 3.63) is 46.6 Å². The number of urea groups is 1. The molecule has 0 aliphatic heterocycles. The minimum atomic E-state index is -0.860. The maximum atomic E-state index is 12.0. The lowest BCUT2D eigenvalue weighted by molar-refractivity contribution is 0.175. The van der Waals surface area contributed by atoms with Crippen LogP contribution in [-0.4, -0.2) is 27.5 Å². The van der Waals surface area contributed by atoms with E-state index in [0.29, 0.717) is 22.3 Å². The summed E-state index contributed by atoms with van der Waals surface area (Å²) >= 11 is 6.04. The minimum Gasteiger partial charge on any atom is -0.387 e. The molecule has 6 nitrogen and oxygen atoms in total. The Morgan fingerprint density at radius 1 is 1.46 bits per heavy atom. The Kier molecular flexibility index (Phi) is 5.06. The molecule has 0 radical (unpaired) electrons. The third kappa shape index (κ3) is 3.71. The smallest absolute Gasteiger partial charge is 0.320 e. The number of anilines is 1. The van der Waals surface area contributed by atoms with Crippen LogP contribution in [0.4, 0.5) is 10.6 Å². The van der Waals surface area contributed by atoms with Crippen LogP contribution in [0.3, 0.4) is 0 Å². The molecule has 1 atom stereocenters. The fourth-order valence-electron chi connectivity index (χ4n) is 2.72. The fourth-order valence-corrected chi connectivity index (χ4v) is 2.98. The van der Waals surface area contributed by atoms with Crippen molar-refractivity contribution in [2.24, 2.45) is 7.05 Å². The molecule has 3 rings (SSSR count). The molecule has 0 saturated heterocycles. The second-order valence-electron chi connectivity index (χ2n) is 6.08. The minimum absolute atomic E-state index is 0.0723. The average molecular weight is 349 g/mol. The van der Waals surface area contributed by atoms with Gasteiger partial charge in [-0.05, 0) is 18.9 Å². The van der Waals surface area contributed by atoms with E-state index >= 15 is 0 Å². The van der Waals surface area contributed by atoms with Crippen LogP contribution >= 0.6 is 11.6 Å². The summed E-state index contributed by atoms with van der Waals surface area (Å²) in [5, 5.41) is 20.5. The molecule has 1 heterocycles. The number of amides is 2. The number of carbonyl (C=O) groups is 1. The zero-order valence-corrected chi connectivity index (χ0v) is 14.3. The van der Waals surface area contributed by atoms with Crippen molar-refractivity contribution in [2.45, 2.75) is 31.3 Å². The van der Waals surface area contributed by atoms with Gasteiger partial charge in [-0.15, -0.1) is 0 Å². The number of aryl methyl sites for hydroxylation is 1. The van der Waals surface area contributed by atoms with Gasteiger partial charge in [0.15, 0.2) is 0 Å². The van der Waals surface area contributed by atoms with Crippen LogP contribution in [-0.2, 0) is 7.05 Å². The van der Waals surface area contributed by atoms with Gasteiger partial charge in [0.25, 0.3) is 0 Å². The zero-order chi connectivity index (χ0) is 17.1. The van der Waals surface area contributed by atoms with Gasteiger partial charge in [0.1, 0.15) is 5.82 Å². The molecule has 128 valence electrons. The van der Waals surface area contributed by atoms with Gasteiger partial charge in [-0.25, -0.2) is 4.79 Å². The van der Waals surface area contributed by atoms with E-state index in [2.05, 4.69) is 15.7 Å². The number of aliphatic hydroxyl groups excluding tert-OH is 1. The predicted octanol–water partition coefficient (Wildman–Crippen LogP) is 3.20. The van der Waals surface area contributed by atoms with Crippen LogP contribution in [0, 0.1) is 0 Å². The largest absolute Gasteiger partial charge is 0.387 e. The molecule has 0 bridgehead atoms. The van der Waals surface area contributed by atoms with Crippen LogP contribution < -0.4 is 10.6 Å². The normalized spacial score (nSPS) is 15.6. The number of nitrogens with one attached hydrogen (secondary N) is 2. The van der Waals surface area contributed by atoms with Crippen molar-refractivity contribution in [1.29, 1.82) is 0 Å². The molecule has 0 spiro atoms. The maximum Gasteiger partial charge on any atom is 0.320 e. The number of aliphatic hydroxyl groups is 1. The number of carbonyl (C=O) groups excluding carboxylic acids is 1. The van der Waals surface area contributed by atoms with E-state index in [1.807, 2.05) is 6.07 Å². The summed E-state index contributed by atoms with van der Waals surface area (Å²) in [6, 6.07) is 8.55. The van der Waals surface area contributed by atoms with Crippen LogP contribution in [0.25, 0.3) is 0 Å². The van der Waals surface area contributed by atoms with Crippen molar-refractivity contribution < 1.29 is 9.90 Å². The van der Waals surface area contributed by atoms with Crippen LogP contribution in [0.5, 0.6) is 0 Å². The number of aromatic nitrogens is 2. The lowest BCUT2D eigenvalue weighted by Crippen LogP contribution is -2.33. The maximum absolute atomic E-state index is 12.0. The molecule has 2 amide bonds. The van der Waals surface area contributed by atoms with Crippen LogP contribution in [0.1, 0.15) is 42.5 Å². The Bertz CT molecular complexity index is 727. The third-order valence-electron chi connectivity index (χ3n) is 4.38. The summed E-state index contributed by atoms with van der Waals surface area (Å²) in [4.78, 5) is 12.0. The molecule has 7 heteroatoms. The van der Waals surface area contributed by atoms with Gasteiger partial charge in [-0.1, -0.05) is 36.2 Å². The number of halogens is 1. The molecule has 3 N–H and O–H groups in total. The SMILES string of the molecule is Cn1nc(C2CCC2)cc1NC(=O)NCC(O)c1ccccc1Cl. The van der Waals surface area contributed by atoms with Gasteiger partial charge >= 0.3 is 6.03 Å². The van der Waals surface area contributed by atoms with E-state index < -0.39 is 6.10 Å². The highest BCUT2D eigenvalue weighted by Crippen LogP contribution is 2.36. The van der Waals surface area contributed by atoms with E-state index in [-0.39, 0.29) is 12.6 Å². The molecule has 2 aromatic rings. The van der Waals surface area contributed by atoms with Gasteiger partial charge in [0.05, 0.1) is 11.8 Å². The van der Waals surface area contributed by atoms with E-state index in [1.54, 1.807) is 36.0 Å². The molecule has 1 saturated carbocycles. The molecule has 1 aliphatic rings. The van der Waals surface area contributed by atoms with E-state index in [4.69, 9.17) is 11.6 Å². The molecular formula is C17H21ClN4O2. The van der Waals surface area contributed by atoms with E-state index in [9.17, 15) is 9.90 Å². The Morgan fingerprint density at radius 2 is 2.21 bits per heavy atom. The van der Waals surface area contributed by atoms with E-state index in [0.717, 1.165) is 18.5 Å². The standard InChI is InChI=1S/C17H21ClN4O2/c1-22-16(9-14(21-22)11-5-4-6-11)20-17(24)19-10-15(23)12-7-2-3-8-13(12)18/h2-3,7-9,11,15,23H,4-6,10H2,1H3,(H2,19,20,24). The molecular weight excluding hydrogens is 328 g/mol. The molecule has 1 aromatic carbocycles. The van der Waals surface area contributed by atoms with Gasteiger partial charge in [-0.2, -0.15) is 5.10 Å². The van der Waals surface area contributed by atoms with Gasteiger partial charge in [0, 0.05) is 36.2 Å². The first-order valence-corrected chi connectivity index (χ1v) is 8.43. The molecule has 1 unspecified atom stereocenters. The molecule has 1 aromatic heterocycles. The van der Waals surface area contributed by atoms with Crippen LogP contribution in [0.15, 0.2) is 30.3 Å². The number of hydrogen-bond acceptors (Lipinski definition) is 3. The van der Waals surface area contributed by atoms with Crippen molar-refractivity contribution in [2.75, 3.05) is 11.9 Å². The quantitative estimate of drug-likeness (QED) is 0.776. The van der Waals surface area contributed by atoms with Crippen LogP contribution in [0.2, 0.25) is 5.02 Å². The van der Waals surface area contributed by atoms with Crippen molar-refractivity contribution in [1.82, 2.24) is 15.1 Å². The van der Waals surface area contributed by atoms with Crippen molar-refractivity contribution >= 4 is 23.4 Å². The van der Waals surface area contributed by atoms with E-state index in [1.165, 1.54) is 6.42 Å². The number of rotatable bonds is 5. The lowest BCUT2D eigenvalue weighted by atomic mass is 9.83. The molecule has 1 fully saturated rings. The molecule has 1 aliphatic carbocycles. The zero-order valence-electron chi connectivity index (χ0n) is 13.5. The van der Waals surface area contributed by atoms with Gasteiger partial charge in [0.2, 0.25) is 0 Å². The average Bonchev–Trinajstić information content (AvgIpc) is 2.84. The monoisotopic (exact) mass is 348 g/mol. The Balaban J connectivity index is 1.54. The summed E-state index contributed by atoms with van der Waals surface area (Å²) in [5.41, 5.74) is 1.61. The Morgan fingerprint density at radius 3 is 2.88 bits per heavy atom. The highest BCUT2D eigenvalue weighted by molar-refractivity contribution is 6.31. The number of benzene rings is 1. The fraction of sp³-hybridized carbons (Fsp3) is 0.412. The first-order chi connectivity index (χ1) is 11.5. The summed E-state index contributed by atoms with van der Waals surface area (Å²) in [5.74, 6) is 1.15. The topological polar surface area (TPSA) is 79.2 Å². The van der Waals surface area contributed by atoms with Crippen molar-refractivity contribution in [3.8, 4) is 0 Å². The van der Waals surface area contributed by atoms with Gasteiger partial charge < -0.3 is 10.4 Å². The first-order valence-electron chi connectivity index (χ1n) is 8.06. The Labute approximate surface area is 145 Å². The molecule has 24 heavy (non-hydrogen) atoms. The highest BCUT2D eigenvalue weighted by atomic mass is 35.5. The van der Waals surface area contributed by atoms with Gasteiger partial charge in [-0.3, -0.25) is 10.00 Å². The highest BCUT2D eigenvalue weighted by Gasteiger charge is 2.23. The number of hydrogen-bond donors (Lipinski definition) is 3. The summed E-state index contributed by atoms with van der Waals surface area (Å²) in [6.07, 6.45) is 2.70. The predicted molar refractivity (Wildman–Crippen MR) is 93.2 cm³/mol. The summed E-state index contributed by atoms with van der Waals surface area (Å²) in [7, 11) is 1.80. The lowest BCUT2D eigenvalue weighted by Gasteiger charge is -2.22. The second-order valence-corrected chi connectivity index (χ2v) is 6.49. The number of nitrogens with zero attached hydrogens (tertiary/aromatic N) is 2. The summed E-state index contributed by atoms with van der Waals surface area (Å²) in [6.45, 7) is 0.0723. The second kappa shape index (κ2) is 7.23. The first kappa shape index (κ1) is 16.8. The Hall–Kier alpha value is -2.05. The summed E-state index contributed by atoms with van der Waals surface area (Å²) < 4.78 is 1.66.